The van der Waals surface area contributed by atoms with Gasteiger partial charge in [0.05, 0.1) is 11.6 Å². The van der Waals surface area contributed by atoms with E-state index in [-0.39, 0.29) is 5.91 Å². The van der Waals surface area contributed by atoms with E-state index in [2.05, 4.69) is 27.0 Å². The molecule has 0 atom stereocenters. The van der Waals surface area contributed by atoms with Gasteiger partial charge in [0.15, 0.2) is 0 Å². The summed E-state index contributed by atoms with van der Waals surface area (Å²) >= 11 is 3.28. The molecule has 2 rings (SSSR count). The van der Waals surface area contributed by atoms with Gasteiger partial charge in [0.25, 0.3) is 5.91 Å². The van der Waals surface area contributed by atoms with Gasteiger partial charge in [0.2, 0.25) is 0 Å². The number of aromatic nitrogens is 1. The summed E-state index contributed by atoms with van der Waals surface area (Å²) in [6, 6.07) is 10.7. The van der Waals surface area contributed by atoms with Gasteiger partial charge in [0, 0.05) is 23.4 Å². The van der Waals surface area contributed by atoms with Gasteiger partial charge in [-0.2, -0.15) is 5.26 Å². The molecule has 2 aromatic rings. The Morgan fingerprint density at radius 3 is 2.83 bits per heavy atom. The molecule has 1 N–H and O–H groups in total. The Balaban J connectivity index is 2.28. The number of nitriles is 1. The third-order valence-corrected chi connectivity index (χ3v) is 3.00. The van der Waals surface area contributed by atoms with Crippen LogP contribution in [0.3, 0.4) is 0 Å². The largest absolute Gasteiger partial charge is 0.356 e. The van der Waals surface area contributed by atoms with Crippen molar-refractivity contribution in [2.45, 2.75) is 0 Å². The fourth-order valence-corrected chi connectivity index (χ4v) is 1.92. The molecule has 0 unspecified atom stereocenters. The summed E-state index contributed by atoms with van der Waals surface area (Å²) in [6.07, 6.45) is 1.70. The standard InChI is InChI=1S/C13H10BrN3O/c1-17(11-4-2-3-9(5-11)7-15)13(18)12-6-10(14)8-16-12/h2-6,8,16H,1H3. The summed E-state index contributed by atoms with van der Waals surface area (Å²) in [7, 11) is 1.67. The average Bonchev–Trinajstić information content (AvgIpc) is 2.83. The first kappa shape index (κ1) is 12.4. The van der Waals surface area contributed by atoms with Crippen molar-refractivity contribution in [1.29, 1.82) is 5.26 Å². The molecule has 1 heterocycles. The van der Waals surface area contributed by atoms with E-state index in [1.165, 1.54) is 4.90 Å². The summed E-state index contributed by atoms with van der Waals surface area (Å²) < 4.78 is 0.824. The number of hydrogen-bond donors (Lipinski definition) is 1. The van der Waals surface area contributed by atoms with Crippen LogP contribution in [0.25, 0.3) is 0 Å². The van der Waals surface area contributed by atoms with E-state index in [9.17, 15) is 4.79 Å². The van der Waals surface area contributed by atoms with Gasteiger partial charge in [-0.1, -0.05) is 6.07 Å². The van der Waals surface area contributed by atoms with Crippen LogP contribution in [-0.2, 0) is 0 Å². The van der Waals surface area contributed by atoms with Gasteiger partial charge in [-0.05, 0) is 40.2 Å². The van der Waals surface area contributed by atoms with Crippen molar-refractivity contribution in [1.82, 2.24) is 4.98 Å². The highest BCUT2D eigenvalue weighted by Crippen LogP contribution is 2.18. The molecule has 0 saturated heterocycles. The molecule has 0 aliphatic rings. The lowest BCUT2D eigenvalue weighted by Crippen LogP contribution is -2.26. The Kier molecular flexibility index (Phi) is 3.49. The molecule has 0 fully saturated rings. The van der Waals surface area contributed by atoms with Crippen LogP contribution in [-0.4, -0.2) is 17.9 Å². The molecule has 1 amide bonds. The number of carbonyl (C=O) groups excluding carboxylic acids is 1. The van der Waals surface area contributed by atoms with Crippen molar-refractivity contribution in [2.24, 2.45) is 0 Å². The second-order valence-corrected chi connectivity index (χ2v) is 4.67. The van der Waals surface area contributed by atoms with Crippen LogP contribution >= 0.6 is 15.9 Å². The third kappa shape index (κ3) is 2.44. The second-order valence-electron chi connectivity index (χ2n) is 3.76. The van der Waals surface area contributed by atoms with Crippen molar-refractivity contribution >= 4 is 27.5 Å². The number of carbonyl (C=O) groups is 1. The number of nitrogens with one attached hydrogen (secondary N) is 1. The van der Waals surface area contributed by atoms with Crippen LogP contribution in [0, 0.1) is 11.3 Å². The molecule has 90 valence electrons. The van der Waals surface area contributed by atoms with Gasteiger partial charge >= 0.3 is 0 Å². The predicted molar refractivity (Wildman–Crippen MR) is 72.4 cm³/mol. The molecule has 0 bridgehead atoms. The number of anilines is 1. The zero-order valence-electron chi connectivity index (χ0n) is 9.64. The summed E-state index contributed by atoms with van der Waals surface area (Å²) in [4.78, 5) is 16.5. The van der Waals surface area contributed by atoms with E-state index < -0.39 is 0 Å². The number of rotatable bonds is 2. The second kappa shape index (κ2) is 5.07. The zero-order valence-corrected chi connectivity index (χ0v) is 11.2. The quantitative estimate of drug-likeness (QED) is 0.927. The van der Waals surface area contributed by atoms with E-state index in [1.54, 1.807) is 43.6 Å². The maximum atomic E-state index is 12.1. The lowest BCUT2D eigenvalue weighted by Gasteiger charge is -2.16. The Labute approximate surface area is 113 Å². The minimum atomic E-state index is -0.157. The van der Waals surface area contributed by atoms with E-state index in [1.807, 2.05) is 0 Å². The van der Waals surface area contributed by atoms with Crippen LogP contribution in [0.5, 0.6) is 0 Å². The van der Waals surface area contributed by atoms with Crippen LogP contribution in [0.1, 0.15) is 16.1 Å². The molecule has 0 aliphatic carbocycles. The molecular formula is C13H10BrN3O. The number of hydrogen-bond acceptors (Lipinski definition) is 2. The smallest absolute Gasteiger partial charge is 0.274 e. The van der Waals surface area contributed by atoms with Crippen LogP contribution in [0.2, 0.25) is 0 Å². The Morgan fingerprint density at radius 2 is 2.22 bits per heavy atom. The fraction of sp³-hybridized carbons (Fsp3) is 0.0769. The summed E-state index contributed by atoms with van der Waals surface area (Å²) in [5.74, 6) is -0.157. The van der Waals surface area contributed by atoms with Gasteiger partial charge in [-0.15, -0.1) is 0 Å². The molecule has 0 aliphatic heterocycles. The number of H-pyrrole nitrogens is 1. The number of benzene rings is 1. The normalized spacial score (nSPS) is 9.83. The van der Waals surface area contributed by atoms with Gasteiger partial charge in [-0.3, -0.25) is 4.79 Å². The number of aromatic amines is 1. The lowest BCUT2D eigenvalue weighted by atomic mass is 10.2. The minimum absolute atomic E-state index is 0.157. The molecular weight excluding hydrogens is 294 g/mol. The highest BCUT2D eigenvalue weighted by atomic mass is 79.9. The Bertz CT molecular complexity index is 627. The number of halogens is 1. The highest BCUT2D eigenvalue weighted by molar-refractivity contribution is 9.10. The maximum absolute atomic E-state index is 12.1. The van der Waals surface area contributed by atoms with E-state index in [0.717, 1.165) is 4.47 Å². The van der Waals surface area contributed by atoms with Crippen molar-refractivity contribution in [3.8, 4) is 6.07 Å². The van der Waals surface area contributed by atoms with Gasteiger partial charge < -0.3 is 9.88 Å². The van der Waals surface area contributed by atoms with Gasteiger partial charge in [0.1, 0.15) is 5.69 Å². The van der Waals surface area contributed by atoms with Crippen molar-refractivity contribution in [3.63, 3.8) is 0 Å². The first-order valence-corrected chi connectivity index (χ1v) is 6.03. The molecule has 0 radical (unpaired) electrons. The van der Waals surface area contributed by atoms with E-state index >= 15 is 0 Å². The highest BCUT2D eigenvalue weighted by Gasteiger charge is 2.15. The van der Waals surface area contributed by atoms with E-state index in [4.69, 9.17) is 5.26 Å². The Morgan fingerprint density at radius 1 is 1.44 bits per heavy atom. The first-order chi connectivity index (χ1) is 8.61. The van der Waals surface area contributed by atoms with Crippen molar-refractivity contribution in [3.05, 3.63) is 52.3 Å². The fourth-order valence-electron chi connectivity index (χ4n) is 1.57. The molecule has 18 heavy (non-hydrogen) atoms. The maximum Gasteiger partial charge on any atom is 0.274 e. The van der Waals surface area contributed by atoms with Gasteiger partial charge in [-0.25, -0.2) is 0 Å². The molecule has 0 saturated carbocycles. The SMILES string of the molecule is CN(C(=O)c1cc(Br)c[nH]1)c1cccc(C#N)c1. The lowest BCUT2D eigenvalue weighted by molar-refractivity contribution is 0.0989. The van der Waals surface area contributed by atoms with Crippen LogP contribution in [0.4, 0.5) is 5.69 Å². The molecule has 1 aromatic heterocycles. The molecule has 1 aromatic carbocycles. The first-order valence-electron chi connectivity index (χ1n) is 5.24. The summed E-state index contributed by atoms with van der Waals surface area (Å²) in [5.41, 5.74) is 1.70. The average molecular weight is 304 g/mol. The predicted octanol–water partition coefficient (Wildman–Crippen LogP) is 2.93. The Hall–Kier alpha value is -2.06. The molecule has 5 heteroatoms. The van der Waals surface area contributed by atoms with Crippen LogP contribution in [0.15, 0.2) is 41.0 Å². The van der Waals surface area contributed by atoms with Crippen LogP contribution < -0.4 is 4.90 Å². The van der Waals surface area contributed by atoms with Crippen molar-refractivity contribution < 1.29 is 4.79 Å². The minimum Gasteiger partial charge on any atom is -0.356 e. The third-order valence-electron chi connectivity index (χ3n) is 2.55. The summed E-state index contributed by atoms with van der Waals surface area (Å²) in [5, 5.41) is 8.84. The van der Waals surface area contributed by atoms with E-state index in [0.29, 0.717) is 16.9 Å². The number of nitrogens with zero attached hydrogens (tertiary/aromatic N) is 2. The zero-order chi connectivity index (χ0) is 13.1. The summed E-state index contributed by atoms with van der Waals surface area (Å²) in [6.45, 7) is 0. The molecule has 4 nitrogen and oxygen atoms in total. The molecule has 0 spiro atoms. The topological polar surface area (TPSA) is 59.9 Å². The number of amides is 1. The monoisotopic (exact) mass is 303 g/mol. The van der Waals surface area contributed by atoms with Crippen molar-refractivity contribution in [2.75, 3.05) is 11.9 Å².